The SMILES string of the molecule is COc1ccc(N(CCN2CCCC2)C(=O)c2ccc3c(c2OC)C=CC(C)(C)O3)nc1OC. The molecule has 2 aliphatic heterocycles. The third kappa shape index (κ3) is 4.82. The molecule has 1 saturated heterocycles. The summed E-state index contributed by atoms with van der Waals surface area (Å²) in [5.74, 6) is 2.31. The van der Waals surface area contributed by atoms with E-state index in [1.165, 1.54) is 20.0 Å². The van der Waals surface area contributed by atoms with Gasteiger partial charge in [0.05, 0.1) is 32.5 Å². The zero-order valence-electron chi connectivity index (χ0n) is 20.6. The molecular weight excluding hydrogens is 434 g/mol. The number of ether oxygens (including phenoxy) is 4. The van der Waals surface area contributed by atoms with Gasteiger partial charge in [-0.05, 0) is 76.2 Å². The number of rotatable bonds is 8. The van der Waals surface area contributed by atoms with Crippen LogP contribution in [0.3, 0.4) is 0 Å². The lowest BCUT2D eigenvalue weighted by Gasteiger charge is -2.30. The fourth-order valence-electron chi connectivity index (χ4n) is 4.40. The Morgan fingerprint density at radius 1 is 1.09 bits per heavy atom. The Morgan fingerprint density at radius 3 is 2.53 bits per heavy atom. The number of carbonyl (C=O) groups is 1. The summed E-state index contributed by atoms with van der Waals surface area (Å²) in [6.07, 6.45) is 6.29. The van der Waals surface area contributed by atoms with Crippen molar-refractivity contribution in [2.75, 3.05) is 52.4 Å². The van der Waals surface area contributed by atoms with Gasteiger partial charge in [0.1, 0.15) is 22.9 Å². The van der Waals surface area contributed by atoms with Crippen LogP contribution in [0, 0.1) is 0 Å². The van der Waals surface area contributed by atoms with E-state index in [1.807, 2.05) is 32.1 Å². The summed E-state index contributed by atoms with van der Waals surface area (Å²) in [6.45, 7) is 7.30. The predicted molar refractivity (Wildman–Crippen MR) is 131 cm³/mol. The number of fused-ring (bicyclic) bond motifs is 1. The predicted octanol–water partition coefficient (Wildman–Crippen LogP) is 4.03. The highest BCUT2D eigenvalue weighted by atomic mass is 16.5. The van der Waals surface area contributed by atoms with Gasteiger partial charge in [0.2, 0.25) is 0 Å². The van der Waals surface area contributed by atoms with Gasteiger partial charge in [0.25, 0.3) is 11.8 Å². The standard InChI is InChI=1S/C26H33N3O5/c1-26(2)13-12-18-20(34-26)9-8-19(23(18)32-4)25(30)29(17-16-28-14-6-7-15-28)22-11-10-21(31-3)24(27-22)33-5/h8-13H,6-7,14-17H2,1-5H3. The summed E-state index contributed by atoms with van der Waals surface area (Å²) in [4.78, 5) is 22.6. The summed E-state index contributed by atoms with van der Waals surface area (Å²) in [5, 5.41) is 0. The van der Waals surface area contributed by atoms with Gasteiger partial charge >= 0.3 is 0 Å². The Kier molecular flexibility index (Phi) is 6.97. The van der Waals surface area contributed by atoms with Crippen molar-refractivity contribution < 1.29 is 23.7 Å². The minimum Gasteiger partial charge on any atom is -0.495 e. The highest BCUT2D eigenvalue weighted by molar-refractivity contribution is 6.08. The van der Waals surface area contributed by atoms with E-state index < -0.39 is 5.60 Å². The number of aromatic nitrogens is 1. The number of hydrogen-bond donors (Lipinski definition) is 0. The number of carbonyl (C=O) groups excluding carboxylic acids is 1. The van der Waals surface area contributed by atoms with Gasteiger partial charge in [-0.3, -0.25) is 9.69 Å². The monoisotopic (exact) mass is 467 g/mol. The van der Waals surface area contributed by atoms with Crippen LogP contribution in [0.4, 0.5) is 5.82 Å². The summed E-state index contributed by atoms with van der Waals surface area (Å²) in [7, 11) is 4.67. The molecular formula is C26H33N3O5. The van der Waals surface area contributed by atoms with E-state index >= 15 is 0 Å². The molecule has 0 radical (unpaired) electrons. The molecule has 4 rings (SSSR count). The number of nitrogens with zero attached hydrogens (tertiary/aromatic N) is 3. The van der Waals surface area contributed by atoms with Gasteiger partial charge in [0.15, 0.2) is 5.75 Å². The fraction of sp³-hybridized carbons (Fsp3) is 0.462. The maximum absolute atomic E-state index is 13.9. The molecule has 0 bridgehead atoms. The van der Waals surface area contributed by atoms with Crippen molar-refractivity contribution in [2.24, 2.45) is 0 Å². The van der Waals surface area contributed by atoms with Crippen LogP contribution in [0.2, 0.25) is 0 Å². The Labute approximate surface area is 201 Å². The van der Waals surface area contributed by atoms with E-state index in [9.17, 15) is 4.79 Å². The number of benzene rings is 1. The van der Waals surface area contributed by atoms with Crippen LogP contribution in [0.1, 0.15) is 42.6 Å². The molecule has 2 aliphatic rings. The van der Waals surface area contributed by atoms with Crippen LogP contribution >= 0.6 is 0 Å². The fourth-order valence-corrected chi connectivity index (χ4v) is 4.40. The number of methoxy groups -OCH3 is 3. The van der Waals surface area contributed by atoms with E-state index in [4.69, 9.17) is 18.9 Å². The lowest BCUT2D eigenvalue weighted by atomic mass is 9.99. The molecule has 34 heavy (non-hydrogen) atoms. The largest absolute Gasteiger partial charge is 0.495 e. The Morgan fingerprint density at radius 2 is 1.85 bits per heavy atom. The van der Waals surface area contributed by atoms with Crippen molar-refractivity contribution >= 4 is 17.8 Å². The lowest BCUT2D eigenvalue weighted by Crippen LogP contribution is -2.39. The highest BCUT2D eigenvalue weighted by Crippen LogP contribution is 2.40. The molecule has 0 unspecified atom stereocenters. The molecule has 0 saturated carbocycles. The highest BCUT2D eigenvalue weighted by Gasteiger charge is 2.30. The lowest BCUT2D eigenvalue weighted by molar-refractivity contribution is 0.0980. The number of likely N-dealkylation sites (tertiary alicyclic amines) is 1. The molecule has 1 aromatic carbocycles. The third-order valence-electron chi connectivity index (χ3n) is 6.20. The van der Waals surface area contributed by atoms with E-state index in [0.717, 1.165) is 25.2 Å². The van der Waals surface area contributed by atoms with Crippen LogP contribution in [-0.4, -0.2) is 68.9 Å². The van der Waals surface area contributed by atoms with E-state index in [2.05, 4.69) is 9.88 Å². The smallest absolute Gasteiger partial charge is 0.263 e. The minimum absolute atomic E-state index is 0.197. The number of pyridine rings is 1. The van der Waals surface area contributed by atoms with Gasteiger partial charge < -0.3 is 23.8 Å². The molecule has 3 heterocycles. The first-order valence-electron chi connectivity index (χ1n) is 11.6. The first-order valence-corrected chi connectivity index (χ1v) is 11.6. The molecule has 1 fully saturated rings. The Hall–Kier alpha value is -3.26. The van der Waals surface area contributed by atoms with Crippen molar-refractivity contribution in [1.82, 2.24) is 9.88 Å². The Balaban J connectivity index is 1.72. The van der Waals surface area contributed by atoms with Gasteiger partial charge in [-0.25, -0.2) is 0 Å². The minimum atomic E-state index is -0.422. The van der Waals surface area contributed by atoms with E-state index in [-0.39, 0.29) is 5.91 Å². The topological polar surface area (TPSA) is 73.4 Å². The van der Waals surface area contributed by atoms with Gasteiger partial charge in [-0.2, -0.15) is 4.98 Å². The van der Waals surface area contributed by atoms with Crippen molar-refractivity contribution in [3.63, 3.8) is 0 Å². The average Bonchev–Trinajstić information content (AvgIpc) is 3.36. The molecule has 1 aromatic heterocycles. The second-order valence-electron chi connectivity index (χ2n) is 8.98. The second-order valence-corrected chi connectivity index (χ2v) is 8.98. The van der Waals surface area contributed by atoms with Crippen LogP contribution < -0.4 is 23.8 Å². The van der Waals surface area contributed by atoms with Gasteiger partial charge in [-0.1, -0.05) is 0 Å². The third-order valence-corrected chi connectivity index (χ3v) is 6.20. The quantitative estimate of drug-likeness (QED) is 0.580. The van der Waals surface area contributed by atoms with Gasteiger partial charge in [0, 0.05) is 13.1 Å². The van der Waals surface area contributed by atoms with Crippen molar-refractivity contribution in [3.05, 3.63) is 41.5 Å². The van der Waals surface area contributed by atoms with Crippen molar-refractivity contribution in [3.8, 4) is 23.1 Å². The normalized spacial score (nSPS) is 16.5. The van der Waals surface area contributed by atoms with Crippen molar-refractivity contribution in [2.45, 2.75) is 32.3 Å². The van der Waals surface area contributed by atoms with Crippen LogP contribution in [-0.2, 0) is 0 Å². The molecule has 8 heteroatoms. The molecule has 1 amide bonds. The van der Waals surface area contributed by atoms with E-state index in [0.29, 0.717) is 41.1 Å². The average molecular weight is 468 g/mol. The van der Waals surface area contributed by atoms with Crippen molar-refractivity contribution in [1.29, 1.82) is 0 Å². The van der Waals surface area contributed by atoms with Gasteiger partial charge in [-0.15, -0.1) is 0 Å². The van der Waals surface area contributed by atoms with Crippen LogP contribution in [0.5, 0.6) is 23.1 Å². The Bertz CT molecular complexity index is 1080. The summed E-state index contributed by atoms with van der Waals surface area (Å²) < 4.78 is 22.5. The zero-order chi connectivity index (χ0) is 24.3. The maximum atomic E-state index is 13.9. The molecule has 182 valence electrons. The first-order chi connectivity index (χ1) is 16.4. The zero-order valence-corrected chi connectivity index (χ0v) is 20.6. The second kappa shape index (κ2) is 9.93. The molecule has 0 atom stereocenters. The molecule has 0 spiro atoms. The molecule has 2 aromatic rings. The maximum Gasteiger partial charge on any atom is 0.263 e. The van der Waals surface area contributed by atoms with Crippen LogP contribution in [0.25, 0.3) is 6.08 Å². The summed E-state index contributed by atoms with van der Waals surface area (Å²) >= 11 is 0. The first kappa shape index (κ1) is 23.9. The molecule has 0 N–H and O–H groups in total. The van der Waals surface area contributed by atoms with Crippen LogP contribution in [0.15, 0.2) is 30.3 Å². The number of amides is 1. The summed E-state index contributed by atoms with van der Waals surface area (Å²) in [5.41, 5.74) is 0.786. The molecule has 0 aliphatic carbocycles. The number of anilines is 1. The van der Waals surface area contributed by atoms with E-state index in [1.54, 1.807) is 37.3 Å². The molecule has 8 nitrogen and oxygen atoms in total. The number of hydrogen-bond acceptors (Lipinski definition) is 7. The summed E-state index contributed by atoms with van der Waals surface area (Å²) in [6, 6.07) is 7.13.